The number of aliphatic hydroxyl groups is 1. The molecule has 0 amide bonds. The molecule has 4 rings (SSSR count). The summed E-state index contributed by atoms with van der Waals surface area (Å²) in [6, 6.07) is 18.2. The number of hydrogen-bond donors (Lipinski definition) is 1. The van der Waals surface area contributed by atoms with Crippen molar-refractivity contribution in [2.75, 3.05) is 13.2 Å². The van der Waals surface area contributed by atoms with Crippen molar-refractivity contribution in [1.29, 1.82) is 0 Å². The van der Waals surface area contributed by atoms with Gasteiger partial charge in [-0.15, -0.1) is 0 Å². The molecule has 0 bridgehead atoms. The lowest BCUT2D eigenvalue weighted by atomic mass is 9.96. The molecule has 2 aromatic rings. The van der Waals surface area contributed by atoms with Gasteiger partial charge in [0.1, 0.15) is 42.6 Å². The van der Waals surface area contributed by atoms with Crippen molar-refractivity contribution in [3.8, 4) is 0 Å². The molecule has 1 N–H and O–H groups in total. The third kappa shape index (κ3) is 9.97. The molecule has 294 valence electrons. The van der Waals surface area contributed by atoms with Crippen molar-refractivity contribution >= 4 is 54.2 Å². The zero-order chi connectivity index (χ0) is 39.8. The van der Waals surface area contributed by atoms with E-state index >= 15 is 0 Å². The molecule has 2 heterocycles. The molecule has 0 aromatic heterocycles. The molecule has 0 saturated carbocycles. The largest absolute Gasteiger partial charge is 0.463 e. The van der Waals surface area contributed by atoms with E-state index in [1.165, 1.54) is 0 Å². The maximum Gasteiger partial charge on any atom is 0.303 e. The van der Waals surface area contributed by atoms with E-state index in [1.54, 1.807) is 0 Å². The van der Waals surface area contributed by atoms with Crippen LogP contribution in [-0.2, 0) is 56.8 Å². The van der Waals surface area contributed by atoms with Gasteiger partial charge < -0.3 is 42.7 Å². The van der Waals surface area contributed by atoms with Crippen molar-refractivity contribution in [1.82, 2.24) is 0 Å². The summed E-state index contributed by atoms with van der Waals surface area (Å²) in [6.45, 7) is 9.92. The highest BCUT2D eigenvalue weighted by Crippen LogP contribution is 2.39. The molecule has 0 unspecified atom stereocenters. The van der Waals surface area contributed by atoms with E-state index in [0.29, 0.717) is 0 Å². The zero-order valence-corrected chi connectivity index (χ0v) is 32.8. The highest BCUT2D eigenvalue weighted by Gasteiger charge is 2.56. The van der Waals surface area contributed by atoms with Crippen molar-refractivity contribution in [3.05, 3.63) is 71.1 Å². The zero-order valence-electron chi connectivity index (χ0n) is 31.0. The summed E-state index contributed by atoms with van der Waals surface area (Å²) >= 11 is 6.69. The van der Waals surface area contributed by atoms with Crippen LogP contribution in [0.1, 0.15) is 48.5 Å². The molecule has 10 atom stereocenters. The monoisotopic (exact) mass is 791 g/mol. The van der Waals surface area contributed by atoms with E-state index < -0.39 is 104 Å². The highest BCUT2D eigenvalue weighted by molar-refractivity contribution is 6.99. The number of alkyl halides is 1. The standard InChI is InChI=1S/C36H46ClN3O13Si/c1-20(41)46-18-27-30(48-21(2)42)32(49-22(3)43)33(50-23(4)44)35(52-27)53-31-28(39-40-38)34(37)51-26(29(31)45)19-47-54(36(5,6)7,24-14-10-8-11-15-24)25-16-12-9-13-17-25/h8-17,26-35,45H,18-19H2,1-7H3/t26-,27-,28-,29+,30+,31-,32+,33-,34+,35+/m1/s1. The summed E-state index contributed by atoms with van der Waals surface area (Å²) < 4.78 is 47.0. The molecule has 16 nitrogen and oxygen atoms in total. The number of benzene rings is 2. The predicted molar refractivity (Wildman–Crippen MR) is 194 cm³/mol. The lowest BCUT2D eigenvalue weighted by molar-refractivity contribution is -0.331. The fourth-order valence-corrected chi connectivity index (χ4v) is 11.7. The molecule has 2 aliphatic heterocycles. The maximum absolute atomic E-state index is 12.4. The van der Waals surface area contributed by atoms with Crippen LogP contribution in [0.5, 0.6) is 0 Å². The number of nitrogens with zero attached hydrogens (tertiary/aromatic N) is 3. The summed E-state index contributed by atoms with van der Waals surface area (Å²) in [5.41, 5.74) is 8.12. The first kappa shape index (κ1) is 42.7. The van der Waals surface area contributed by atoms with E-state index in [2.05, 4.69) is 30.8 Å². The molecular formula is C36H46ClN3O13Si. The summed E-state index contributed by atoms with van der Waals surface area (Å²) in [7, 11) is -3.16. The number of azide groups is 1. The van der Waals surface area contributed by atoms with Gasteiger partial charge >= 0.3 is 23.9 Å². The number of carbonyl (C=O) groups excluding carboxylic acids is 4. The minimum Gasteiger partial charge on any atom is -0.463 e. The summed E-state index contributed by atoms with van der Waals surface area (Å²) in [6.07, 6.45) is -12.0. The van der Waals surface area contributed by atoms with Crippen molar-refractivity contribution in [2.45, 2.75) is 114 Å². The average Bonchev–Trinajstić information content (AvgIpc) is 3.09. The van der Waals surface area contributed by atoms with E-state index in [0.717, 1.165) is 38.1 Å². The summed E-state index contributed by atoms with van der Waals surface area (Å²) in [5.74, 6) is -3.23. The quantitative estimate of drug-likeness (QED) is 0.0589. The van der Waals surface area contributed by atoms with Gasteiger partial charge in [0, 0.05) is 32.6 Å². The fraction of sp³-hybridized carbons (Fsp3) is 0.556. The number of hydrogen-bond acceptors (Lipinski definition) is 14. The molecular weight excluding hydrogens is 746 g/mol. The van der Waals surface area contributed by atoms with Crippen LogP contribution >= 0.6 is 11.6 Å². The Kier molecular flexibility index (Phi) is 14.6. The van der Waals surface area contributed by atoms with Crippen LogP contribution in [0.4, 0.5) is 0 Å². The maximum atomic E-state index is 12.4. The van der Waals surface area contributed by atoms with Gasteiger partial charge in [-0.25, -0.2) is 0 Å². The number of rotatable bonds is 13. The van der Waals surface area contributed by atoms with Crippen LogP contribution < -0.4 is 10.4 Å². The van der Waals surface area contributed by atoms with E-state index in [9.17, 15) is 29.8 Å². The smallest absolute Gasteiger partial charge is 0.303 e. The highest BCUT2D eigenvalue weighted by atomic mass is 35.5. The van der Waals surface area contributed by atoms with Crippen molar-refractivity contribution < 1.29 is 61.9 Å². The number of carbonyl (C=O) groups is 4. The number of aliphatic hydroxyl groups excluding tert-OH is 1. The Bertz CT molecular complexity index is 1620. The molecule has 0 radical (unpaired) electrons. The number of esters is 4. The second kappa shape index (κ2) is 18.5. The molecule has 0 aliphatic carbocycles. The summed E-state index contributed by atoms with van der Waals surface area (Å²) in [5, 5.41) is 17.2. The van der Waals surface area contributed by atoms with Crippen molar-refractivity contribution in [3.63, 3.8) is 0 Å². The lowest BCUT2D eigenvalue weighted by Gasteiger charge is -2.48. The molecule has 2 saturated heterocycles. The average molecular weight is 792 g/mol. The van der Waals surface area contributed by atoms with Crippen LogP contribution in [0.2, 0.25) is 5.04 Å². The van der Waals surface area contributed by atoms with E-state index in [1.807, 2.05) is 60.7 Å². The molecule has 2 aromatic carbocycles. The van der Waals surface area contributed by atoms with Gasteiger partial charge in [0.25, 0.3) is 8.32 Å². The van der Waals surface area contributed by atoms with Gasteiger partial charge in [0.2, 0.25) is 0 Å². The minimum atomic E-state index is -3.16. The van der Waals surface area contributed by atoms with Gasteiger partial charge in [-0.05, 0) is 20.9 Å². The molecule has 18 heteroatoms. The second-order valence-electron chi connectivity index (χ2n) is 13.9. The number of ether oxygens (including phenoxy) is 7. The second-order valence-corrected chi connectivity index (χ2v) is 18.6. The first-order valence-electron chi connectivity index (χ1n) is 17.2. The Hall–Kier alpha value is -4.06. The molecule has 54 heavy (non-hydrogen) atoms. The topological polar surface area (TPSA) is 211 Å². The molecule has 2 aliphatic rings. The SMILES string of the molecule is CC(=O)OC[C@H]1O[C@@H](O[C@H]2[C@@H](O)[C@@H](CO[Si](c3ccccc3)(c3ccccc3)C(C)(C)C)O[C@H](Cl)[C@@H]2N=[N+]=[N-])[C@H](OC(C)=O)[C@@H](OC(C)=O)[C@H]1OC(C)=O. The normalized spacial score (nSPS) is 28.5. The Balaban J connectivity index is 1.75. The third-order valence-electron chi connectivity index (χ3n) is 8.93. The van der Waals surface area contributed by atoms with Crippen LogP contribution in [0.3, 0.4) is 0 Å². The van der Waals surface area contributed by atoms with Crippen LogP contribution in [0.25, 0.3) is 10.4 Å². The first-order chi connectivity index (χ1) is 25.5. The Morgan fingerprint density at radius 2 is 1.30 bits per heavy atom. The Labute approximate surface area is 319 Å². The van der Waals surface area contributed by atoms with Crippen LogP contribution in [-0.4, -0.2) is 111 Å². The van der Waals surface area contributed by atoms with Gasteiger partial charge in [-0.3, -0.25) is 19.2 Å². The van der Waals surface area contributed by atoms with Crippen molar-refractivity contribution in [2.24, 2.45) is 5.11 Å². The molecule has 0 spiro atoms. The lowest BCUT2D eigenvalue weighted by Crippen LogP contribution is -2.68. The number of halogens is 1. The van der Waals surface area contributed by atoms with Gasteiger partial charge in [-0.2, -0.15) is 0 Å². The van der Waals surface area contributed by atoms with Crippen LogP contribution in [0.15, 0.2) is 65.8 Å². The molecule has 2 fully saturated rings. The Morgan fingerprint density at radius 1 is 0.778 bits per heavy atom. The van der Waals surface area contributed by atoms with E-state index in [4.69, 9.17) is 49.2 Å². The summed E-state index contributed by atoms with van der Waals surface area (Å²) in [4.78, 5) is 51.6. The minimum absolute atomic E-state index is 0.195. The van der Waals surface area contributed by atoms with Gasteiger partial charge in [0.15, 0.2) is 24.6 Å². The van der Waals surface area contributed by atoms with Crippen LogP contribution in [0, 0.1) is 0 Å². The first-order valence-corrected chi connectivity index (χ1v) is 19.6. The van der Waals surface area contributed by atoms with Gasteiger partial charge in [-0.1, -0.05) is 98.2 Å². The Morgan fingerprint density at radius 3 is 1.78 bits per heavy atom. The predicted octanol–water partition coefficient (Wildman–Crippen LogP) is 3.03. The third-order valence-corrected chi connectivity index (χ3v) is 14.3. The van der Waals surface area contributed by atoms with E-state index in [-0.39, 0.29) is 6.61 Å². The fourth-order valence-electron chi connectivity index (χ4n) is 6.79. The van der Waals surface area contributed by atoms with Gasteiger partial charge in [0.05, 0.1) is 6.61 Å².